The predicted molar refractivity (Wildman–Crippen MR) is 128 cm³/mol. The van der Waals surface area contributed by atoms with Crippen LogP contribution in [0.2, 0.25) is 0 Å². The van der Waals surface area contributed by atoms with E-state index in [2.05, 4.69) is 37.6 Å². The van der Waals surface area contributed by atoms with Crippen molar-refractivity contribution in [3.05, 3.63) is 71.9 Å². The Kier molecular flexibility index (Phi) is 7.30. The molecular formula is C25H29N5O2. The maximum Gasteiger partial charge on any atom is 0.227 e. The minimum absolute atomic E-state index is 0.0308. The van der Waals surface area contributed by atoms with Crippen molar-refractivity contribution >= 4 is 29.0 Å². The number of hydrogen-bond acceptors (Lipinski definition) is 6. The number of ether oxygens (including phenoxy) is 1. The molecule has 4 rings (SSSR count). The number of hydrogen-bond donors (Lipinski definition) is 2. The lowest BCUT2D eigenvalue weighted by Crippen LogP contribution is -2.37. The monoisotopic (exact) mass is 431 g/mol. The predicted octanol–water partition coefficient (Wildman–Crippen LogP) is 4.33. The second-order valence-corrected chi connectivity index (χ2v) is 7.88. The third-order valence-electron chi connectivity index (χ3n) is 5.29. The van der Waals surface area contributed by atoms with Crippen LogP contribution in [0.3, 0.4) is 0 Å². The average Bonchev–Trinajstić information content (AvgIpc) is 2.81. The first-order valence-electron chi connectivity index (χ1n) is 11.0. The van der Waals surface area contributed by atoms with Gasteiger partial charge in [-0.1, -0.05) is 30.3 Å². The number of anilines is 4. The third kappa shape index (κ3) is 6.28. The van der Waals surface area contributed by atoms with Crippen molar-refractivity contribution in [1.29, 1.82) is 0 Å². The molecule has 1 aromatic heterocycles. The number of benzene rings is 2. The highest BCUT2D eigenvalue weighted by Gasteiger charge is 2.15. The van der Waals surface area contributed by atoms with E-state index in [4.69, 9.17) is 4.74 Å². The van der Waals surface area contributed by atoms with Gasteiger partial charge in [-0.25, -0.2) is 4.98 Å². The molecule has 0 atom stereocenters. The van der Waals surface area contributed by atoms with Gasteiger partial charge < -0.3 is 20.3 Å². The SMILES string of the molecule is Cc1cc(Nc2ccc(NC(=O)CCCc3ccccc3)cc2)nc(N2CCOCC2)n1. The Hall–Kier alpha value is -3.45. The number of aromatic nitrogens is 2. The molecule has 1 fully saturated rings. The van der Waals surface area contributed by atoms with Crippen molar-refractivity contribution in [2.75, 3.05) is 41.8 Å². The van der Waals surface area contributed by atoms with E-state index in [1.54, 1.807) is 0 Å². The lowest BCUT2D eigenvalue weighted by molar-refractivity contribution is -0.116. The van der Waals surface area contributed by atoms with Gasteiger partial charge >= 0.3 is 0 Å². The Labute approximate surface area is 188 Å². The molecule has 0 saturated carbocycles. The number of rotatable bonds is 8. The second kappa shape index (κ2) is 10.7. The Balaban J connectivity index is 1.30. The standard InChI is InChI=1S/C25H29N5O2/c1-19-18-23(29-25(26-19)30-14-16-32-17-15-30)27-21-10-12-22(13-11-21)28-24(31)9-5-8-20-6-3-2-4-7-20/h2-4,6-7,10-13,18H,5,8-9,14-17H2,1H3,(H,28,31)(H,26,27,29). The molecule has 2 N–H and O–H groups in total. The Bertz CT molecular complexity index is 1020. The van der Waals surface area contributed by atoms with Crippen molar-refractivity contribution in [2.45, 2.75) is 26.2 Å². The van der Waals surface area contributed by atoms with E-state index in [1.807, 2.05) is 55.5 Å². The normalized spacial score (nSPS) is 13.6. The number of nitrogens with one attached hydrogen (secondary N) is 2. The quantitative estimate of drug-likeness (QED) is 0.553. The molecule has 3 aromatic rings. The van der Waals surface area contributed by atoms with Crippen LogP contribution in [-0.4, -0.2) is 42.2 Å². The van der Waals surface area contributed by atoms with Crippen LogP contribution in [0.1, 0.15) is 24.1 Å². The Morgan fingerprint density at radius 2 is 1.72 bits per heavy atom. The van der Waals surface area contributed by atoms with E-state index in [1.165, 1.54) is 5.56 Å². The van der Waals surface area contributed by atoms with Crippen LogP contribution in [0.5, 0.6) is 0 Å². The van der Waals surface area contributed by atoms with E-state index in [0.717, 1.165) is 54.8 Å². The maximum atomic E-state index is 12.2. The zero-order valence-corrected chi connectivity index (χ0v) is 18.4. The summed E-state index contributed by atoms with van der Waals surface area (Å²) in [5.41, 5.74) is 3.85. The number of amides is 1. The molecule has 7 heteroatoms. The van der Waals surface area contributed by atoms with Crippen molar-refractivity contribution in [2.24, 2.45) is 0 Å². The summed E-state index contributed by atoms with van der Waals surface area (Å²) in [5, 5.41) is 6.31. The molecule has 0 bridgehead atoms. The van der Waals surface area contributed by atoms with E-state index in [9.17, 15) is 4.79 Å². The van der Waals surface area contributed by atoms with Gasteiger partial charge in [-0.3, -0.25) is 4.79 Å². The van der Waals surface area contributed by atoms with Gasteiger partial charge in [-0.15, -0.1) is 0 Å². The summed E-state index contributed by atoms with van der Waals surface area (Å²) in [5.74, 6) is 1.50. The molecule has 1 aliphatic heterocycles. The zero-order valence-electron chi connectivity index (χ0n) is 18.4. The molecular weight excluding hydrogens is 402 g/mol. The topological polar surface area (TPSA) is 79.4 Å². The van der Waals surface area contributed by atoms with Crippen molar-refractivity contribution in [1.82, 2.24) is 9.97 Å². The first-order chi connectivity index (χ1) is 15.7. The summed E-state index contributed by atoms with van der Waals surface area (Å²) >= 11 is 0. The van der Waals surface area contributed by atoms with Gasteiger partial charge in [0.05, 0.1) is 13.2 Å². The third-order valence-corrected chi connectivity index (χ3v) is 5.29. The van der Waals surface area contributed by atoms with Gasteiger partial charge in [0.2, 0.25) is 11.9 Å². The molecule has 2 aromatic carbocycles. The van der Waals surface area contributed by atoms with Crippen LogP contribution < -0.4 is 15.5 Å². The first kappa shape index (κ1) is 21.8. The second-order valence-electron chi connectivity index (χ2n) is 7.88. The number of carbonyl (C=O) groups is 1. The van der Waals surface area contributed by atoms with Gasteiger partial charge in [-0.05, 0) is 49.6 Å². The van der Waals surface area contributed by atoms with Gasteiger partial charge in [0.25, 0.3) is 0 Å². The molecule has 166 valence electrons. The minimum Gasteiger partial charge on any atom is -0.378 e. The molecule has 0 aliphatic carbocycles. The summed E-state index contributed by atoms with van der Waals surface area (Å²) in [6, 6.07) is 19.8. The molecule has 1 saturated heterocycles. The average molecular weight is 432 g/mol. The summed E-state index contributed by atoms with van der Waals surface area (Å²) < 4.78 is 5.42. The lowest BCUT2D eigenvalue weighted by atomic mass is 10.1. The fourth-order valence-electron chi connectivity index (χ4n) is 3.63. The molecule has 32 heavy (non-hydrogen) atoms. The number of aryl methyl sites for hydroxylation is 2. The molecule has 2 heterocycles. The smallest absolute Gasteiger partial charge is 0.227 e. The fraction of sp³-hybridized carbons (Fsp3) is 0.320. The number of carbonyl (C=O) groups excluding carboxylic acids is 1. The molecule has 0 unspecified atom stereocenters. The van der Waals surface area contributed by atoms with E-state index in [0.29, 0.717) is 19.6 Å². The Morgan fingerprint density at radius 1 is 1.00 bits per heavy atom. The summed E-state index contributed by atoms with van der Waals surface area (Å²) in [4.78, 5) is 23.6. The largest absolute Gasteiger partial charge is 0.378 e. The summed E-state index contributed by atoms with van der Waals surface area (Å²) in [6.07, 6.45) is 2.23. The fourth-order valence-corrected chi connectivity index (χ4v) is 3.63. The van der Waals surface area contributed by atoms with Crippen LogP contribution in [-0.2, 0) is 16.0 Å². The summed E-state index contributed by atoms with van der Waals surface area (Å²) in [6.45, 7) is 4.94. The van der Waals surface area contributed by atoms with Gasteiger partial charge in [-0.2, -0.15) is 4.98 Å². The van der Waals surface area contributed by atoms with Crippen molar-refractivity contribution in [3.63, 3.8) is 0 Å². The molecule has 1 aliphatic rings. The highest BCUT2D eigenvalue weighted by molar-refractivity contribution is 5.90. The number of morpholine rings is 1. The van der Waals surface area contributed by atoms with Crippen LogP contribution >= 0.6 is 0 Å². The highest BCUT2D eigenvalue weighted by Crippen LogP contribution is 2.21. The number of nitrogens with zero attached hydrogens (tertiary/aromatic N) is 3. The highest BCUT2D eigenvalue weighted by atomic mass is 16.5. The lowest BCUT2D eigenvalue weighted by Gasteiger charge is -2.27. The Morgan fingerprint density at radius 3 is 2.47 bits per heavy atom. The maximum absolute atomic E-state index is 12.2. The first-order valence-corrected chi connectivity index (χ1v) is 11.0. The molecule has 0 radical (unpaired) electrons. The zero-order chi connectivity index (χ0) is 22.2. The van der Waals surface area contributed by atoms with Crippen molar-refractivity contribution in [3.8, 4) is 0 Å². The van der Waals surface area contributed by atoms with Crippen LogP contribution in [0, 0.1) is 6.92 Å². The van der Waals surface area contributed by atoms with E-state index < -0.39 is 0 Å². The van der Waals surface area contributed by atoms with E-state index in [-0.39, 0.29) is 5.91 Å². The van der Waals surface area contributed by atoms with E-state index >= 15 is 0 Å². The minimum atomic E-state index is 0.0308. The van der Waals surface area contributed by atoms with Crippen LogP contribution in [0.4, 0.5) is 23.1 Å². The van der Waals surface area contributed by atoms with Gasteiger partial charge in [0.15, 0.2) is 0 Å². The summed E-state index contributed by atoms with van der Waals surface area (Å²) in [7, 11) is 0. The van der Waals surface area contributed by atoms with Crippen LogP contribution in [0.15, 0.2) is 60.7 Å². The van der Waals surface area contributed by atoms with Crippen molar-refractivity contribution < 1.29 is 9.53 Å². The molecule has 7 nitrogen and oxygen atoms in total. The van der Waals surface area contributed by atoms with Gasteiger partial charge in [0.1, 0.15) is 5.82 Å². The molecule has 0 spiro atoms. The van der Waals surface area contributed by atoms with Gasteiger partial charge in [0, 0.05) is 42.6 Å². The van der Waals surface area contributed by atoms with Crippen LogP contribution in [0.25, 0.3) is 0 Å². The molecule has 1 amide bonds.